The van der Waals surface area contributed by atoms with E-state index in [1.54, 1.807) is 0 Å². The molecule has 2 heteroatoms. The molecule has 0 aliphatic rings. The molecular formula is C19H34N2. The van der Waals surface area contributed by atoms with Gasteiger partial charge in [0, 0.05) is 18.6 Å². The lowest BCUT2D eigenvalue weighted by Crippen LogP contribution is -2.39. The Morgan fingerprint density at radius 1 is 1.00 bits per heavy atom. The van der Waals surface area contributed by atoms with Crippen molar-refractivity contribution < 1.29 is 0 Å². The third-order valence-corrected chi connectivity index (χ3v) is 4.48. The van der Waals surface area contributed by atoms with Crippen molar-refractivity contribution in [2.75, 3.05) is 13.1 Å². The molecule has 2 atom stereocenters. The van der Waals surface area contributed by atoms with Crippen molar-refractivity contribution in [2.24, 2.45) is 5.73 Å². The van der Waals surface area contributed by atoms with Gasteiger partial charge in [-0.15, -0.1) is 0 Å². The minimum Gasteiger partial charge on any atom is -0.323 e. The highest BCUT2D eigenvalue weighted by Crippen LogP contribution is 2.19. The topological polar surface area (TPSA) is 29.3 Å². The van der Waals surface area contributed by atoms with E-state index < -0.39 is 0 Å². The molecular weight excluding hydrogens is 256 g/mol. The predicted octanol–water partition coefficient (Wildman–Crippen LogP) is 4.71. The maximum Gasteiger partial charge on any atom is 0.0424 e. The molecule has 0 fully saturated rings. The van der Waals surface area contributed by atoms with Gasteiger partial charge in [-0.3, -0.25) is 4.90 Å². The molecule has 2 N–H and O–H groups in total. The number of hydrogen-bond donors (Lipinski definition) is 1. The largest absolute Gasteiger partial charge is 0.323 e. The molecule has 0 amide bonds. The molecule has 21 heavy (non-hydrogen) atoms. The summed E-state index contributed by atoms with van der Waals surface area (Å²) in [6, 6.07) is 9.57. The van der Waals surface area contributed by atoms with Gasteiger partial charge in [-0.05, 0) is 43.4 Å². The van der Waals surface area contributed by atoms with Gasteiger partial charge in [0.15, 0.2) is 0 Å². The third kappa shape index (κ3) is 5.80. The van der Waals surface area contributed by atoms with E-state index in [4.69, 9.17) is 5.73 Å². The van der Waals surface area contributed by atoms with Crippen LogP contribution < -0.4 is 5.73 Å². The number of unbranched alkanes of at least 4 members (excludes halogenated alkanes) is 1. The second kappa shape index (κ2) is 9.22. The highest BCUT2D eigenvalue weighted by Gasteiger charge is 2.16. The van der Waals surface area contributed by atoms with Gasteiger partial charge in [-0.1, -0.05) is 58.4 Å². The standard InChI is InChI=1S/C19H34N2/c1-6-8-13-21(16(5)7-2)14-19(20)18-11-9-17(10-12-18)15(3)4/h9-12,15-16,19H,6-8,13-14,20H2,1-5H3. The molecule has 0 saturated carbocycles. The van der Waals surface area contributed by atoms with E-state index in [0.29, 0.717) is 12.0 Å². The fraction of sp³-hybridized carbons (Fsp3) is 0.684. The van der Waals surface area contributed by atoms with Crippen molar-refractivity contribution >= 4 is 0 Å². The second-order valence-electron chi connectivity index (χ2n) is 6.53. The molecule has 1 aromatic rings. The minimum atomic E-state index is 0.108. The zero-order valence-electron chi connectivity index (χ0n) is 14.6. The molecule has 0 radical (unpaired) electrons. The van der Waals surface area contributed by atoms with Crippen molar-refractivity contribution in [1.29, 1.82) is 0 Å². The molecule has 120 valence electrons. The monoisotopic (exact) mass is 290 g/mol. The van der Waals surface area contributed by atoms with E-state index in [-0.39, 0.29) is 6.04 Å². The predicted molar refractivity (Wildman–Crippen MR) is 93.7 cm³/mol. The van der Waals surface area contributed by atoms with E-state index in [2.05, 4.69) is 63.8 Å². The Morgan fingerprint density at radius 2 is 1.57 bits per heavy atom. The van der Waals surface area contributed by atoms with E-state index in [0.717, 1.165) is 13.1 Å². The minimum absolute atomic E-state index is 0.108. The first-order valence-corrected chi connectivity index (χ1v) is 8.59. The van der Waals surface area contributed by atoms with Crippen LogP contribution in [0, 0.1) is 0 Å². The quantitative estimate of drug-likeness (QED) is 0.713. The van der Waals surface area contributed by atoms with E-state index in [1.807, 2.05) is 0 Å². The molecule has 0 spiro atoms. The summed E-state index contributed by atoms with van der Waals surface area (Å²) in [6.07, 6.45) is 3.68. The van der Waals surface area contributed by atoms with Gasteiger partial charge in [-0.25, -0.2) is 0 Å². The summed E-state index contributed by atoms with van der Waals surface area (Å²) in [5.41, 5.74) is 9.08. The fourth-order valence-electron chi connectivity index (χ4n) is 2.60. The van der Waals surface area contributed by atoms with E-state index >= 15 is 0 Å². The maximum atomic E-state index is 6.44. The lowest BCUT2D eigenvalue weighted by Gasteiger charge is -2.31. The molecule has 2 unspecified atom stereocenters. The molecule has 0 aromatic heterocycles. The van der Waals surface area contributed by atoms with Crippen LogP contribution in [0.25, 0.3) is 0 Å². The Labute approximate surface area is 131 Å². The lowest BCUT2D eigenvalue weighted by molar-refractivity contribution is 0.189. The van der Waals surface area contributed by atoms with Gasteiger partial charge in [0.05, 0.1) is 0 Å². The van der Waals surface area contributed by atoms with Crippen LogP contribution in [-0.4, -0.2) is 24.0 Å². The molecule has 1 aromatic carbocycles. The number of hydrogen-bond acceptors (Lipinski definition) is 2. The summed E-state index contributed by atoms with van der Waals surface area (Å²) in [7, 11) is 0. The zero-order chi connectivity index (χ0) is 15.8. The van der Waals surface area contributed by atoms with Crippen LogP contribution in [0.4, 0.5) is 0 Å². The maximum absolute atomic E-state index is 6.44. The summed E-state index contributed by atoms with van der Waals surface area (Å²) < 4.78 is 0. The summed E-state index contributed by atoms with van der Waals surface area (Å²) in [4.78, 5) is 2.55. The first-order valence-electron chi connectivity index (χ1n) is 8.59. The van der Waals surface area contributed by atoms with Crippen LogP contribution in [0.2, 0.25) is 0 Å². The normalized spacial score (nSPS) is 14.7. The van der Waals surface area contributed by atoms with Gasteiger partial charge >= 0.3 is 0 Å². The van der Waals surface area contributed by atoms with Crippen LogP contribution in [0.1, 0.15) is 77.0 Å². The number of nitrogens with zero attached hydrogens (tertiary/aromatic N) is 1. The number of benzene rings is 1. The van der Waals surface area contributed by atoms with Crippen LogP contribution in [-0.2, 0) is 0 Å². The van der Waals surface area contributed by atoms with Crippen LogP contribution in [0.3, 0.4) is 0 Å². The fourth-order valence-corrected chi connectivity index (χ4v) is 2.60. The third-order valence-electron chi connectivity index (χ3n) is 4.48. The number of nitrogens with two attached hydrogens (primary N) is 1. The van der Waals surface area contributed by atoms with Gasteiger partial charge in [-0.2, -0.15) is 0 Å². The summed E-state index contributed by atoms with van der Waals surface area (Å²) in [6.45, 7) is 13.4. The van der Waals surface area contributed by atoms with Crippen LogP contribution >= 0.6 is 0 Å². The first kappa shape index (κ1) is 18.2. The van der Waals surface area contributed by atoms with Gasteiger partial charge in [0.2, 0.25) is 0 Å². The smallest absolute Gasteiger partial charge is 0.0424 e. The van der Waals surface area contributed by atoms with Crippen molar-refractivity contribution in [3.05, 3.63) is 35.4 Å². The molecule has 0 heterocycles. The van der Waals surface area contributed by atoms with Crippen molar-refractivity contribution in [3.63, 3.8) is 0 Å². The van der Waals surface area contributed by atoms with Gasteiger partial charge in [0.25, 0.3) is 0 Å². The summed E-state index contributed by atoms with van der Waals surface area (Å²) >= 11 is 0. The first-order chi connectivity index (χ1) is 9.99. The molecule has 0 aliphatic carbocycles. The molecule has 2 nitrogen and oxygen atoms in total. The zero-order valence-corrected chi connectivity index (χ0v) is 14.6. The van der Waals surface area contributed by atoms with Crippen LogP contribution in [0.15, 0.2) is 24.3 Å². The Bertz CT molecular complexity index is 383. The van der Waals surface area contributed by atoms with Gasteiger partial charge in [0.1, 0.15) is 0 Å². The second-order valence-corrected chi connectivity index (χ2v) is 6.53. The number of rotatable bonds is 9. The Balaban J connectivity index is 2.69. The Kier molecular flexibility index (Phi) is 7.98. The highest BCUT2D eigenvalue weighted by atomic mass is 15.2. The van der Waals surface area contributed by atoms with Gasteiger partial charge < -0.3 is 5.73 Å². The SMILES string of the molecule is CCCCN(CC(N)c1ccc(C(C)C)cc1)C(C)CC. The summed E-state index contributed by atoms with van der Waals surface area (Å²) in [5.74, 6) is 0.580. The Morgan fingerprint density at radius 3 is 2.05 bits per heavy atom. The average Bonchev–Trinajstić information content (AvgIpc) is 2.50. The summed E-state index contributed by atoms with van der Waals surface area (Å²) in [5, 5.41) is 0. The van der Waals surface area contributed by atoms with Crippen molar-refractivity contribution in [2.45, 2.75) is 71.9 Å². The van der Waals surface area contributed by atoms with E-state index in [9.17, 15) is 0 Å². The van der Waals surface area contributed by atoms with E-state index in [1.165, 1.54) is 30.4 Å². The molecule has 1 rings (SSSR count). The molecule has 0 aliphatic heterocycles. The van der Waals surface area contributed by atoms with Crippen LogP contribution in [0.5, 0.6) is 0 Å². The van der Waals surface area contributed by atoms with Crippen molar-refractivity contribution in [1.82, 2.24) is 4.90 Å². The highest BCUT2D eigenvalue weighted by molar-refractivity contribution is 5.26. The lowest BCUT2D eigenvalue weighted by atomic mass is 9.99. The Hall–Kier alpha value is -0.860. The molecule has 0 bridgehead atoms. The van der Waals surface area contributed by atoms with Crippen molar-refractivity contribution in [3.8, 4) is 0 Å². The molecule has 0 saturated heterocycles. The average molecular weight is 290 g/mol.